The second-order valence-corrected chi connectivity index (χ2v) is 5.35. The van der Waals surface area contributed by atoms with Gasteiger partial charge in [-0.1, -0.05) is 60.7 Å². The zero-order valence-electron chi connectivity index (χ0n) is 11.9. The van der Waals surface area contributed by atoms with Gasteiger partial charge in [0, 0.05) is 0 Å². The minimum Gasteiger partial charge on any atom is -0.320 e. The third kappa shape index (κ3) is 2.10. The van der Waals surface area contributed by atoms with Crippen LogP contribution in [-0.2, 0) is 0 Å². The number of nitrogens with two attached hydrogens (primary N) is 1. The van der Waals surface area contributed by atoms with Crippen LogP contribution in [0.4, 0.5) is 0 Å². The highest BCUT2D eigenvalue weighted by molar-refractivity contribution is 5.86. The van der Waals surface area contributed by atoms with Crippen molar-refractivity contribution in [2.75, 3.05) is 0 Å². The second-order valence-electron chi connectivity index (χ2n) is 5.35. The lowest BCUT2D eigenvalue weighted by molar-refractivity contribution is 0.860. The molecular weight excluding hydrogens is 242 g/mol. The zero-order chi connectivity index (χ0) is 14.1. The molecule has 0 fully saturated rings. The molecule has 1 atom stereocenters. The summed E-state index contributed by atoms with van der Waals surface area (Å²) >= 11 is 0. The predicted octanol–water partition coefficient (Wildman–Crippen LogP) is 4.50. The standard InChI is InChI=1S/C19H19N/c1-13-7-5-8-14(2)18(13)19(20)17-12-6-10-15-9-3-4-11-16(15)17/h3-12,19H,20H2,1-2H3. The molecule has 0 bridgehead atoms. The molecule has 0 amide bonds. The van der Waals surface area contributed by atoms with Crippen LogP contribution in [0.2, 0.25) is 0 Å². The molecule has 0 saturated carbocycles. The molecule has 0 aliphatic rings. The van der Waals surface area contributed by atoms with E-state index in [9.17, 15) is 0 Å². The summed E-state index contributed by atoms with van der Waals surface area (Å²) in [6.45, 7) is 4.26. The summed E-state index contributed by atoms with van der Waals surface area (Å²) in [5.41, 5.74) is 11.5. The van der Waals surface area contributed by atoms with Crippen molar-refractivity contribution in [1.29, 1.82) is 0 Å². The third-order valence-corrected chi connectivity index (χ3v) is 4.01. The highest BCUT2D eigenvalue weighted by atomic mass is 14.6. The second kappa shape index (κ2) is 5.10. The van der Waals surface area contributed by atoms with E-state index in [1.165, 1.54) is 33.0 Å². The molecule has 0 aromatic heterocycles. The predicted molar refractivity (Wildman–Crippen MR) is 85.9 cm³/mol. The van der Waals surface area contributed by atoms with Crippen molar-refractivity contribution in [2.45, 2.75) is 19.9 Å². The molecule has 100 valence electrons. The molecule has 2 N–H and O–H groups in total. The minimum atomic E-state index is -0.0812. The van der Waals surface area contributed by atoms with Gasteiger partial charge >= 0.3 is 0 Å². The smallest absolute Gasteiger partial charge is 0.0563 e. The molecule has 0 aliphatic carbocycles. The van der Waals surface area contributed by atoms with Gasteiger partial charge in [-0.25, -0.2) is 0 Å². The molecule has 0 heterocycles. The van der Waals surface area contributed by atoms with Crippen LogP contribution in [0.3, 0.4) is 0 Å². The first kappa shape index (κ1) is 12.9. The quantitative estimate of drug-likeness (QED) is 0.722. The molecule has 1 unspecified atom stereocenters. The Hall–Kier alpha value is -2.12. The molecule has 1 heteroatoms. The van der Waals surface area contributed by atoms with Gasteiger partial charge in [-0.05, 0) is 46.9 Å². The number of benzene rings is 3. The Labute approximate surface area is 120 Å². The fourth-order valence-electron chi connectivity index (χ4n) is 3.00. The average Bonchev–Trinajstić information content (AvgIpc) is 2.46. The maximum Gasteiger partial charge on any atom is 0.0563 e. The Balaban J connectivity index is 2.21. The van der Waals surface area contributed by atoms with Gasteiger partial charge in [0.1, 0.15) is 0 Å². The number of aryl methyl sites for hydroxylation is 2. The van der Waals surface area contributed by atoms with E-state index in [-0.39, 0.29) is 6.04 Å². The van der Waals surface area contributed by atoms with Gasteiger partial charge in [0.2, 0.25) is 0 Å². The van der Waals surface area contributed by atoms with Crippen molar-refractivity contribution in [1.82, 2.24) is 0 Å². The van der Waals surface area contributed by atoms with E-state index in [0.717, 1.165) is 0 Å². The fourth-order valence-corrected chi connectivity index (χ4v) is 3.00. The van der Waals surface area contributed by atoms with Gasteiger partial charge < -0.3 is 5.73 Å². The molecule has 3 aromatic carbocycles. The summed E-state index contributed by atoms with van der Waals surface area (Å²) in [6.07, 6.45) is 0. The maximum atomic E-state index is 6.58. The van der Waals surface area contributed by atoms with Gasteiger partial charge in [-0.3, -0.25) is 0 Å². The van der Waals surface area contributed by atoms with Gasteiger partial charge in [0.25, 0.3) is 0 Å². The van der Waals surface area contributed by atoms with E-state index in [4.69, 9.17) is 5.73 Å². The Kier molecular flexibility index (Phi) is 3.29. The molecule has 20 heavy (non-hydrogen) atoms. The monoisotopic (exact) mass is 261 g/mol. The average molecular weight is 261 g/mol. The fraction of sp³-hybridized carbons (Fsp3) is 0.158. The third-order valence-electron chi connectivity index (χ3n) is 4.01. The summed E-state index contributed by atoms with van der Waals surface area (Å²) in [4.78, 5) is 0. The van der Waals surface area contributed by atoms with Gasteiger partial charge in [-0.15, -0.1) is 0 Å². The SMILES string of the molecule is Cc1cccc(C)c1C(N)c1cccc2ccccc12. The van der Waals surface area contributed by atoms with Crippen LogP contribution >= 0.6 is 0 Å². The van der Waals surface area contributed by atoms with E-state index in [1.807, 2.05) is 0 Å². The van der Waals surface area contributed by atoms with Crippen LogP contribution in [0.15, 0.2) is 60.7 Å². The maximum absolute atomic E-state index is 6.58. The van der Waals surface area contributed by atoms with E-state index >= 15 is 0 Å². The van der Waals surface area contributed by atoms with E-state index in [0.29, 0.717) is 0 Å². The lowest BCUT2D eigenvalue weighted by atomic mass is 9.89. The summed E-state index contributed by atoms with van der Waals surface area (Å²) in [7, 11) is 0. The summed E-state index contributed by atoms with van der Waals surface area (Å²) in [5.74, 6) is 0. The van der Waals surface area contributed by atoms with Crippen LogP contribution in [0.1, 0.15) is 28.3 Å². The number of fused-ring (bicyclic) bond motifs is 1. The Morgan fingerprint density at radius 1 is 0.750 bits per heavy atom. The van der Waals surface area contributed by atoms with Gasteiger partial charge in [0.15, 0.2) is 0 Å². The number of rotatable bonds is 2. The Bertz CT molecular complexity index is 733. The Morgan fingerprint density at radius 3 is 2.10 bits per heavy atom. The van der Waals surface area contributed by atoms with Crippen LogP contribution in [0.5, 0.6) is 0 Å². The van der Waals surface area contributed by atoms with Crippen molar-refractivity contribution in [3.8, 4) is 0 Å². The number of hydrogen-bond donors (Lipinski definition) is 1. The lowest BCUT2D eigenvalue weighted by Gasteiger charge is -2.19. The molecule has 0 saturated heterocycles. The highest BCUT2D eigenvalue weighted by Gasteiger charge is 2.15. The number of hydrogen-bond acceptors (Lipinski definition) is 1. The van der Waals surface area contributed by atoms with E-state index in [2.05, 4.69) is 74.5 Å². The molecule has 0 aliphatic heterocycles. The van der Waals surface area contributed by atoms with Crippen molar-refractivity contribution in [3.05, 3.63) is 82.9 Å². The van der Waals surface area contributed by atoms with E-state index in [1.54, 1.807) is 0 Å². The molecule has 3 rings (SSSR count). The summed E-state index contributed by atoms with van der Waals surface area (Å²) in [5, 5.41) is 2.48. The van der Waals surface area contributed by atoms with E-state index < -0.39 is 0 Å². The van der Waals surface area contributed by atoms with Crippen LogP contribution in [0, 0.1) is 13.8 Å². The summed E-state index contributed by atoms with van der Waals surface area (Å²) < 4.78 is 0. The molecule has 0 spiro atoms. The molecule has 0 radical (unpaired) electrons. The van der Waals surface area contributed by atoms with Crippen LogP contribution in [0.25, 0.3) is 10.8 Å². The molecule has 3 aromatic rings. The van der Waals surface area contributed by atoms with Crippen molar-refractivity contribution >= 4 is 10.8 Å². The Morgan fingerprint density at radius 2 is 1.35 bits per heavy atom. The first-order valence-electron chi connectivity index (χ1n) is 6.98. The molecular formula is C19H19N. The first-order valence-corrected chi connectivity index (χ1v) is 6.98. The first-order chi connectivity index (χ1) is 9.68. The lowest BCUT2D eigenvalue weighted by Crippen LogP contribution is -2.15. The highest BCUT2D eigenvalue weighted by Crippen LogP contribution is 2.30. The molecule has 1 nitrogen and oxygen atoms in total. The van der Waals surface area contributed by atoms with Crippen molar-refractivity contribution in [3.63, 3.8) is 0 Å². The largest absolute Gasteiger partial charge is 0.320 e. The van der Waals surface area contributed by atoms with Crippen LogP contribution < -0.4 is 5.73 Å². The zero-order valence-corrected chi connectivity index (χ0v) is 11.9. The minimum absolute atomic E-state index is 0.0812. The van der Waals surface area contributed by atoms with Gasteiger partial charge in [-0.2, -0.15) is 0 Å². The van der Waals surface area contributed by atoms with Crippen molar-refractivity contribution < 1.29 is 0 Å². The van der Waals surface area contributed by atoms with Crippen molar-refractivity contribution in [2.24, 2.45) is 5.73 Å². The topological polar surface area (TPSA) is 26.0 Å². The van der Waals surface area contributed by atoms with Crippen LogP contribution in [-0.4, -0.2) is 0 Å². The van der Waals surface area contributed by atoms with Gasteiger partial charge in [0.05, 0.1) is 6.04 Å². The summed E-state index contributed by atoms with van der Waals surface area (Å²) in [6, 6.07) is 21.1. The normalized spacial score (nSPS) is 12.6.